The van der Waals surface area contributed by atoms with Crippen molar-refractivity contribution in [2.75, 3.05) is 6.61 Å². The largest absolute Gasteiger partial charge is 0.458 e. The summed E-state index contributed by atoms with van der Waals surface area (Å²) in [6, 6.07) is 24.3. The van der Waals surface area contributed by atoms with Gasteiger partial charge < -0.3 is 9.47 Å². The minimum absolute atomic E-state index is 0.0617. The molecule has 0 aliphatic carbocycles. The number of carbonyl (C=O) groups excluding carboxylic acids is 2. The molecule has 4 nitrogen and oxygen atoms in total. The minimum Gasteiger partial charge on any atom is -0.458 e. The van der Waals surface area contributed by atoms with Crippen LogP contribution >= 0.6 is 0 Å². The summed E-state index contributed by atoms with van der Waals surface area (Å²) in [5.74, 6) is 0.206. The van der Waals surface area contributed by atoms with Gasteiger partial charge in [-0.25, -0.2) is 9.59 Å². The summed E-state index contributed by atoms with van der Waals surface area (Å²) in [6.45, 7) is 8.58. The highest BCUT2D eigenvalue weighted by Gasteiger charge is 2.21. The summed E-state index contributed by atoms with van der Waals surface area (Å²) in [7, 11) is 0. The number of esters is 2. The van der Waals surface area contributed by atoms with E-state index in [4.69, 9.17) is 9.47 Å². The van der Waals surface area contributed by atoms with Crippen molar-refractivity contribution in [2.45, 2.75) is 46.6 Å². The van der Waals surface area contributed by atoms with Gasteiger partial charge in [-0.3, -0.25) is 0 Å². The zero-order chi connectivity index (χ0) is 24.5. The van der Waals surface area contributed by atoms with Crippen LogP contribution in [-0.4, -0.2) is 18.5 Å². The molecular weight excluding hydrogens is 424 g/mol. The number of hydrogen-bond acceptors (Lipinski definition) is 4. The van der Waals surface area contributed by atoms with Crippen LogP contribution in [0.5, 0.6) is 0 Å². The summed E-state index contributed by atoms with van der Waals surface area (Å²) < 4.78 is 11.3. The lowest BCUT2D eigenvalue weighted by molar-refractivity contribution is -0.00133. The van der Waals surface area contributed by atoms with Gasteiger partial charge in [-0.05, 0) is 65.6 Å². The molecule has 0 N–H and O–H groups in total. The Balaban J connectivity index is 1.67. The Hall–Kier alpha value is -3.40. The first-order chi connectivity index (χ1) is 16.3. The first-order valence-corrected chi connectivity index (χ1v) is 11.9. The predicted molar refractivity (Wildman–Crippen MR) is 135 cm³/mol. The Kier molecular flexibility index (Phi) is 9.03. The Morgan fingerprint density at radius 2 is 1.12 bits per heavy atom. The highest BCUT2D eigenvalue weighted by Crippen LogP contribution is 2.21. The fourth-order valence-corrected chi connectivity index (χ4v) is 3.79. The molecule has 0 fully saturated rings. The molecule has 0 spiro atoms. The van der Waals surface area contributed by atoms with Gasteiger partial charge in [-0.15, -0.1) is 0 Å². The predicted octanol–water partition coefficient (Wildman–Crippen LogP) is 6.84. The Morgan fingerprint density at radius 3 is 1.59 bits per heavy atom. The van der Waals surface area contributed by atoms with Gasteiger partial charge in [0.25, 0.3) is 0 Å². The normalized spacial score (nSPS) is 11.9. The molecule has 0 aliphatic rings. The van der Waals surface area contributed by atoms with Crippen LogP contribution in [0.25, 0.3) is 0 Å². The first kappa shape index (κ1) is 25.2. The number of carbonyl (C=O) groups is 2. The molecule has 1 unspecified atom stereocenters. The van der Waals surface area contributed by atoms with Crippen molar-refractivity contribution in [3.8, 4) is 0 Å². The topological polar surface area (TPSA) is 52.6 Å². The second kappa shape index (κ2) is 12.2. The number of benzene rings is 3. The summed E-state index contributed by atoms with van der Waals surface area (Å²) in [5, 5.41) is 0. The lowest BCUT2D eigenvalue weighted by Gasteiger charge is -2.19. The molecule has 0 amide bonds. The quantitative estimate of drug-likeness (QED) is 0.312. The molecule has 3 rings (SSSR count). The van der Waals surface area contributed by atoms with Crippen molar-refractivity contribution in [3.05, 3.63) is 107 Å². The average molecular weight is 459 g/mol. The molecule has 0 bridgehead atoms. The van der Waals surface area contributed by atoms with E-state index in [-0.39, 0.29) is 6.61 Å². The monoisotopic (exact) mass is 458 g/mol. The SMILES string of the molecule is CC(C)Cc1ccc(C(=O)OCC(OC(=O)c2ccc(CC(C)C)cc2)c2ccccc2)cc1. The van der Waals surface area contributed by atoms with Crippen LogP contribution in [-0.2, 0) is 22.3 Å². The molecule has 1 atom stereocenters. The standard InChI is InChI=1S/C30H34O4/c1-21(2)18-23-10-14-26(15-11-23)29(31)33-20-28(25-8-6-5-7-9-25)34-30(32)27-16-12-24(13-17-27)19-22(3)4/h5-17,21-22,28H,18-20H2,1-4H3. The van der Waals surface area contributed by atoms with Crippen LogP contribution in [0.4, 0.5) is 0 Å². The van der Waals surface area contributed by atoms with Gasteiger partial charge in [0.1, 0.15) is 6.61 Å². The van der Waals surface area contributed by atoms with Crippen LogP contribution < -0.4 is 0 Å². The van der Waals surface area contributed by atoms with Gasteiger partial charge in [0.15, 0.2) is 6.10 Å². The van der Waals surface area contributed by atoms with Crippen LogP contribution in [0.2, 0.25) is 0 Å². The average Bonchev–Trinajstić information content (AvgIpc) is 2.82. The molecule has 3 aromatic rings. The Bertz CT molecular complexity index is 1050. The molecule has 0 aliphatic heterocycles. The highest BCUT2D eigenvalue weighted by molar-refractivity contribution is 5.90. The van der Waals surface area contributed by atoms with Gasteiger partial charge in [0, 0.05) is 0 Å². The van der Waals surface area contributed by atoms with E-state index >= 15 is 0 Å². The van der Waals surface area contributed by atoms with Crippen molar-refractivity contribution in [1.82, 2.24) is 0 Å². The lowest BCUT2D eigenvalue weighted by Crippen LogP contribution is -2.19. The maximum Gasteiger partial charge on any atom is 0.338 e. The molecule has 0 radical (unpaired) electrons. The van der Waals surface area contributed by atoms with E-state index in [1.165, 1.54) is 11.1 Å². The van der Waals surface area contributed by atoms with E-state index in [1.807, 2.05) is 54.6 Å². The van der Waals surface area contributed by atoms with Gasteiger partial charge >= 0.3 is 11.9 Å². The molecule has 0 aromatic heterocycles. The third kappa shape index (κ3) is 7.58. The van der Waals surface area contributed by atoms with E-state index < -0.39 is 18.0 Å². The van der Waals surface area contributed by atoms with Crippen LogP contribution in [0.3, 0.4) is 0 Å². The van der Waals surface area contributed by atoms with Crippen molar-refractivity contribution in [1.29, 1.82) is 0 Å². The van der Waals surface area contributed by atoms with Gasteiger partial charge in [-0.1, -0.05) is 82.3 Å². The molecule has 3 aromatic carbocycles. The maximum atomic E-state index is 12.8. The number of rotatable bonds is 10. The smallest absolute Gasteiger partial charge is 0.338 e. The molecule has 34 heavy (non-hydrogen) atoms. The second-order valence-corrected chi connectivity index (χ2v) is 9.49. The van der Waals surface area contributed by atoms with Crippen LogP contribution in [0.1, 0.15) is 71.2 Å². The van der Waals surface area contributed by atoms with Crippen molar-refractivity contribution in [3.63, 3.8) is 0 Å². The zero-order valence-corrected chi connectivity index (χ0v) is 20.5. The fourth-order valence-electron chi connectivity index (χ4n) is 3.79. The number of ether oxygens (including phenoxy) is 2. The van der Waals surface area contributed by atoms with Crippen molar-refractivity contribution >= 4 is 11.9 Å². The van der Waals surface area contributed by atoms with Crippen LogP contribution in [0.15, 0.2) is 78.9 Å². The molecule has 4 heteroatoms. The first-order valence-electron chi connectivity index (χ1n) is 11.9. The molecule has 178 valence electrons. The summed E-state index contributed by atoms with van der Waals surface area (Å²) in [6.07, 6.45) is 1.21. The van der Waals surface area contributed by atoms with E-state index in [1.54, 1.807) is 24.3 Å². The molecule has 0 saturated carbocycles. The lowest BCUT2D eigenvalue weighted by atomic mass is 10.0. The fraction of sp³-hybridized carbons (Fsp3) is 0.333. The van der Waals surface area contributed by atoms with Crippen molar-refractivity contribution < 1.29 is 19.1 Å². The van der Waals surface area contributed by atoms with E-state index in [0.29, 0.717) is 23.0 Å². The molecular formula is C30H34O4. The Morgan fingerprint density at radius 1 is 0.647 bits per heavy atom. The Labute approximate surface area is 202 Å². The minimum atomic E-state index is -0.701. The summed E-state index contributed by atoms with van der Waals surface area (Å²) in [4.78, 5) is 25.5. The van der Waals surface area contributed by atoms with E-state index in [9.17, 15) is 9.59 Å². The maximum absolute atomic E-state index is 12.8. The highest BCUT2D eigenvalue weighted by atomic mass is 16.6. The van der Waals surface area contributed by atoms with Gasteiger partial charge in [0.2, 0.25) is 0 Å². The van der Waals surface area contributed by atoms with Gasteiger partial charge in [-0.2, -0.15) is 0 Å². The summed E-state index contributed by atoms with van der Waals surface area (Å²) >= 11 is 0. The molecule has 0 saturated heterocycles. The van der Waals surface area contributed by atoms with Crippen LogP contribution in [0, 0.1) is 11.8 Å². The second-order valence-electron chi connectivity index (χ2n) is 9.49. The third-order valence-electron chi connectivity index (χ3n) is 5.45. The van der Waals surface area contributed by atoms with E-state index in [0.717, 1.165) is 18.4 Å². The van der Waals surface area contributed by atoms with Gasteiger partial charge in [0.05, 0.1) is 11.1 Å². The summed E-state index contributed by atoms with van der Waals surface area (Å²) in [5.41, 5.74) is 4.08. The number of hydrogen-bond donors (Lipinski definition) is 0. The van der Waals surface area contributed by atoms with E-state index in [2.05, 4.69) is 27.7 Å². The van der Waals surface area contributed by atoms with Crippen molar-refractivity contribution in [2.24, 2.45) is 11.8 Å². The molecule has 0 heterocycles. The zero-order valence-electron chi connectivity index (χ0n) is 20.5. The third-order valence-corrected chi connectivity index (χ3v) is 5.45.